The third-order valence-corrected chi connectivity index (χ3v) is 6.66. The maximum Gasteiger partial charge on any atom is 0.293 e. The lowest BCUT2D eigenvalue weighted by atomic mass is 10.1. The molecule has 0 N–H and O–H groups in total. The summed E-state index contributed by atoms with van der Waals surface area (Å²) >= 11 is 4.41. The molecule has 0 aromatic heterocycles. The fourth-order valence-electron chi connectivity index (χ4n) is 3.48. The van der Waals surface area contributed by atoms with Gasteiger partial charge in [0, 0.05) is 6.54 Å². The number of nitrogens with zero attached hydrogens (tertiary/aromatic N) is 1. The van der Waals surface area contributed by atoms with Crippen LogP contribution < -0.4 is 9.47 Å². The van der Waals surface area contributed by atoms with Crippen molar-refractivity contribution in [2.24, 2.45) is 0 Å². The second-order valence-electron chi connectivity index (χ2n) is 7.52. The zero-order valence-corrected chi connectivity index (χ0v) is 20.7. The summed E-state index contributed by atoms with van der Waals surface area (Å²) in [5, 5.41) is -0.284. The molecule has 5 nitrogen and oxygen atoms in total. The Balaban J connectivity index is 1.49. The topological polar surface area (TPSA) is 55.8 Å². The number of carbonyl (C=O) groups is 2. The summed E-state index contributed by atoms with van der Waals surface area (Å²) < 4.78 is 25.4. The molecule has 3 aromatic rings. The molecule has 1 fully saturated rings. The Morgan fingerprint density at radius 2 is 1.79 bits per heavy atom. The van der Waals surface area contributed by atoms with Crippen molar-refractivity contribution in [3.63, 3.8) is 0 Å². The second kappa shape index (κ2) is 10.9. The highest BCUT2D eigenvalue weighted by molar-refractivity contribution is 9.10. The quantitative estimate of drug-likeness (QED) is 0.306. The number of halogens is 2. The van der Waals surface area contributed by atoms with Crippen molar-refractivity contribution in [2.75, 3.05) is 13.7 Å². The molecule has 34 heavy (non-hydrogen) atoms. The van der Waals surface area contributed by atoms with Gasteiger partial charge in [0.1, 0.15) is 12.4 Å². The predicted octanol–water partition coefficient (Wildman–Crippen LogP) is 6.45. The van der Waals surface area contributed by atoms with Crippen LogP contribution in [0.15, 0.2) is 76.1 Å². The molecule has 1 aliphatic rings. The number of hydrogen-bond acceptors (Lipinski definition) is 5. The first kappa shape index (κ1) is 24.0. The van der Waals surface area contributed by atoms with Crippen LogP contribution in [0, 0.1) is 5.82 Å². The Morgan fingerprint density at radius 3 is 2.53 bits per heavy atom. The van der Waals surface area contributed by atoms with Crippen LogP contribution in [0.2, 0.25) is 0 Å². The first-order chi connectivity index (χ1) is 16.4. The maximum atomic E-state index is 13.4. The van der Waals surface area contributed by atoms with Gasteiger partial charge in [-0.2, -0.15) is 0 Å². The number of ether oxygens (including phenoxy) is 2. The summed E-state index contributed by atoms with van der Waals surface area (Å²) in [4.78, 5) is 26.9. The average molecular weight is 542 g/mol. The van der Waals surface area contributed by atoms with Gasteiger partial charge in [-0.05, 0) is 81.1 Å². The molecule has 0 aliphatic carbocycles. The van der Waals surface area contributed by atoms with Crippen molar-refractivity contribution >= 4 is 44.9 Å². The van der Waals surface area contributed by atoms with Crippen LogP contribution in [0.4, 0.5) is 9.18 Å². The van der Waals surface area contributed by atoms with Gasteiger partial charge in [0.05, 0.1) is 16.5 Å². The average Bonchev–Trinajstić information content (AvgIpc) is 3.09. The highest BCUT2D eigenvalue weighted by Crippen LogP contribution is 2.39. The van der Waals surface area contributed by atoms with Gasteiger partial charge in [0.15, 0.2) is 11.5 Å². The van der Waals surface area contributed by atoms with Crippen LogP contribution in [0.5, 0.6) is 11.5 Å². The zero-order valence-electron chi connectivity index (χ0n) is 18.3. The smallest absolute Gasteiger partial charge is 0.293 e. The van der Waals surface area contributed by atoms with Gasteiger partial charge < -0.3 is 9.47 Å². The number of benzene rings is 3. The molecule has 1 heterocycles. The number of hydrogen-bond donors (Lipinski definition) is 0. The molecule has 0 spiro atoms. The molecule has 174 valence electrons. The highest BCUT2D eigenvalue weighted by Gasteiger charge is 2.34. The largest absolute Gasteiger partial charge is 0.493 e. The summed E-state index contributed by atoms with van der Waals surface area (Å²) in [5.41, 5.74) is 2.42. The van der Waals surface area contributed by atoms with E-state index in [9.17, 15) is 14.0 Å². The third-order valence-electron chi connectivity index (χ3n) is 5.16. The van der Waals surface area contributed by atoms with Crippen LogP contribution in [0.1, 0.15) is 16.7 Å². The van der Waals surface area contributed by atoms with Crippen molar-refractivity contribution in [3.05, 3.63) is 98.6 Å². The Hall–Kier alpha value is -3.10. The SMILES string of the molecule is COc1cc(/C=C2\SC(=O)N(CCc3ccccc3)C2=O)cc(Br)c1OCc1cccc(F)c1. The van der Waals surface area contributed by atoms with Crippen molar-refractivity contribution in [1.29, 1.82) is 0 Å². The minimum Gasteiger partial charge on any atom is -0.493 e. The van der Waals surface area contributed by atoms with Gasteiger partial charge in [0.2, 0.25) is 0 Å². The Kier molecular flexibility index (Phi) is 7.70. The van der Waals surface area contributed by atoms with E-state index in [1.54, 1.807) is 30.3 Å². The minimum absolute atomic E-state index is 0.159. The van der Waals surface area contributed by atoms with E-state index in [-0.39, 0.29) is 23.6 Å². The lowest BCUT2D eigenvalue weighted by molar-refractivity contribution is -0.122. The summed E-state index contributed by atoms with van der Waals surface area (Å²) in [7, 11) is 1.51. The van der Waals surface area contributed by atoms with Crippen molar-refractivity contribution in [3.8, 4) is 11.5 Å². The van der Waals surface area contributed by atoms with Gasteiger partial charge in [-0.1, -0.05) is 42.5 Å². The molecule has 1 aliphatic heterocycles. The number of carbonyl (C=O) groups excluding carboxylic acids is 2. The summed E-state index contributed by atoms with van der Waals surface area (Å²) in [5.74, 6) is 0.257. The lowest BCUT2D eigenvalue weighted by Gasteiger charge is -2.14. The molecule has 0 saturated carbocycles. The maximum absolute atomic E-state index is 13.4. The fraction of sp³-hybridized carbons (Fsp3) is 0.154. The molecule has 0 radical (unpaired) electrons. The summed E-state index contributed by atoms with van der Waals surface area (Å²) in [6, 6.07) is 19.4. The summed E-state index contributed by atoms with van der Waals surface area (Å²) in [6.45, 7) is 0.484. The monoisotopic (exact) mass is 541 g/mol. The fourth-order valence-corrected chi connectivity index (χ4v) is 4.91. The number of rotatable bonds is 8. The van der Waals surface area contributed by atoms with E-state index in [0.29, 0.717) is 45.0 Å². The van der Waals surface area contributed by atoms with Crippen LogP contribution in [-0.4, -0.2) is 29.7 Å². The van der Waals surface area contributed by atoms with Crippen LogP contribution >= 0.6 is 27.7 Å². The van der Waals surface area contributed by atoms with E-state index in [1.165, 1.54) is 24.1 Å². The molecular formula is C26H21BrFNO4S. The Morgan fingerprint density at radius 1 is 1.03 bits per heavy atom. The number of amides is 2. The van der Waals surface area contributed by atoms with Crippen molar-refractivity contribution < 1.29 is 23.5 Å². The lowest BCUT2D eigenvalue weighted by Crippen LogP contribution is -2.30. The van der Waals surface area contributed by atoms with Crippen LogP contribution in [-0.2, 0) is 17.8 Å². The van der Waals surface area contributed by atoms with E-state index in [2.05, 4.69) is 15.9 Å². The van der Waals surface area contributed by atoms with Gasteiger partial charge in [-0.15, -0.1) is 0 Å². The van der Waals surface area contributed by atoms with Crippen molar-refractivity contribution in [1.82, 2.24) is 4.90 Å². The molecular weight excluding hydrogens is 521 g/mol. The molecule has 8 heteroatoms. The van der Waals surface area contributed by atoms with E-state index < -0.39 is 0 Å². The van der Waals surface area contributed by atoms with Gasteiger partial charge in [-0.25, -0.2) is 4.39 Å². The summed E-state index contributed by atoms with van der Waals surface area (Å²) in [6.07, 6.45) is 2.26. The molecule has 0 atom stereocenters. The highest BCUT2D eigenvalue weighted by atomic mass is 79.9. The molecule has 0 bridgehead atoms. The number of thioether (sulfide) groups is 1. The van der Waals surface area contributed by atoms with Gasteiger partial charge in [0.25, 0.3) is 11.1 Å². The normalized spacial score (nSPS) is 14.7. The van der Waals surface area contributed by atoms with E-state index in [0.717, 1.165) is 17.3 Å². The molecule has 1 saturated heterocycles. The van der Waals surface area contributed by atoms with Gasteiger partial charge >= 0.3 is 0 Å². The van der Waals surface area contributed by atoms with Crippen LogP contribution in [0.3, 0.4) is 0 Å². The molecule has 2 amide bonds. The first-order valence-corrected chi connectivity index (χ1v) is 12.1. The Bertz CT molecular complexity index is 1250. The number of methoxy groups -OCH3 is 1. The Labute approximate surface area is 209 Å². The minimum atomic E-state index is -0.333. The molecule has 3 aromatic carbocycles. The van der Waals surface area contributed by atoms with Crippen LogP contribution in [0.25, 0.3) is 6.08 Å². The zero-order chi connectivity index (χ0) is 24.1. The van der Waals surface area contributed by atoms with E-state index >= 15 is 0 Å². The van der Waals surface area contributed by atoms with Crippen molar-refractivity contribution in [2.45, 2.75) is 13.0 Å². The second-order valence-corrected chi connectivity index (χ2v) is 9.37. The standard InChI is InChI=1S/C26H21BrFNO4S/c1-32-22-14-19(13-21(27)24(22)33-16-18-8-5-9-20(28)12-18)15-23-25(30)29(26(31)34-23)11-10-17-6-3-2-4-7-17/h2-9,12-15H,10-11,16H2,1H3/b23-15-. The molecule has 0 unspecified atom stereocenters. The van der Waals surface area contributed by atoms with E-state index in [1.807, 2.05) is 30.3 Å². The van der Waals surface area contributed by atoms with Gasteiger partial charge in [-0.3, -0.25) is 14.5 Å². The van der Waals surface area contributed by atoms with E-state index in [4.69, 9.17) is 9.47 Å². The molecule has 4 rings (SSSR count). The third kappa shape index (κ3) is 5.69. The predicted molar refractivity (Wildman–Crippen MR) is 134 cm³/mol. The first-order valence-electron chi connectivity index (χ1n) is 10.5. The number of imide groups is 1.